The second kappa shape index (κ2) is 8.39. The predicted octanol–water partition coefficient (Wildman–Crippen LogP) is 3.93. The Balaban J connectivity index is 1.72. The molecule has 2 aromatic rings. The van der Waals surface area contributed by atoms with E-state index in [1.165, 1.54) is 6.07 Å². The zero-order valence-electron chi connectivity index (χ0n) is 15.9. The SMILES string of the molecule is COc1ccc([C@H]2CCCN2CC(=O)Nc2ccc(C)cc2F)c(OC)c1. The van der Waals surface area contributed by atoms with Crippen molar-refractivity contribution in [2.75, 3.05) is 32.6 Å². The number of nitrogens with one attached hydrogen (secondary N) is 1. The molecular weight excluding hydrogens is 347 g/mol. The van der Waals surface area contributed by atoms with E-state index in [9.17, 15) is 9.18 Å². The number of ether oxygens (including phenoxy) is 2. The number of nitrogens with zero attached hydrogens (tertiary/aromatic N) is 1. The lowest BCUT2D eigenvalue weighted by molar-refractivity contribution is -0.117. The van der Waals surface area contributed by atoms with Crippen LogP contribution in [0.3, 0.4) is 0 Å². The van der Waals surface area contributed by atoms with Gasteiger partial charge in [-0.15, -0.1) is 0 Å². The monoisotopic (exact) mass is 372 g/mol. The third-order valence-electron chi connectivity index (χ3n) is 4.91. The summed E-state index contributed by atoms with van der Waals surface area (Å²) < 4.78 is 24.8. The number of anilines is 1. The Bertz CT molecular complexity index is 825. The van der Waals surface area contributed by atoms with E-state index < -0.39 is 5.82 Å². The maximum absolute atomic E-state index is 14.0. The average molecular weight is 372 g/mol. The molecule has 1 aliphatic heterocycles. The summed E-state index contributed by atoms with van der Waals surface area (Å²) in [6, 6.07) is 10.6. The number of hydrogen-bond donors (Lipinski definition) is 1. The van der Waals surface area contributed by atoms with Crippen LogP contribution in [0.1, 0.15) is 30.0 Å². The van der Waals surface area contributed by atoms with Crippen LogP contribution in [0, 0.1) is 12.7 Å². The molecule has 27 heavy (non-hydrogen) atoms. The van der Waals surface area contributed by atoms with Crippen LogP contribution in [0.15, 0.2) is 36.4 Å². The highest BCUT2D eigenvalue weighted by molar-refractivity contribution is 5.92. The number of likely N-dealkylation sites (tertiary alicyclic amines) is 1. The van der Waals surface area contributed by atoms with Gasteiger partial charge >= 0.3 is 0 Å². The number of carbonyl (C=O) groups excluding carboxylic acids is 1. The summed E-state index contributed by atoms with van der Waals surface area (Å²) >= 11 is 0. The van der Waals surface area contributed by atoms with Crippen molar-refractivity contribution in [1.82, 2.24) is 4.90 Å². The third-order valence-corrected chi connectivity index (χ3v) is 4.91. The maximum atomic E-state index is 14.0. The topological polar surface area (TPSA) is 50.8 Å². The second-order valence-electron chi connectivity index (χ2n) is 6.77. The normalized spacial score (nSPS) is 17.0. The quantitative estimate of drug-likeness (QED) is 0.835. The minimum absolute atomic E-state index is 0.0828. The molecule has 1 aliphatic rings. The Morgan fingerprint density at radius 2 is 2.04 bits per heavy atom. The Hall–Kier alpha value is -2.60. The summed E-state index contributed by atoms with van der Waals surface area (Å²) in [4.78, 5) is 14.6. The van der Waals surface area contributed by atoms with Gasteiger partial charge in [-0.25, -0.2) is 4.39 Å². The van der Waals surface area contributed by atoms with E-state index in [2.05, 4.69) is 10.2 Å². The highest BCUT2D eigenvalue weighted by Gasteiger charge is 2.30. The number of aryl methyl sites for hydroxylation is 1. The van der Waals surface area contributed by atoms with E-state index in [1.54, 1.807) is 26.4 Å². The number of methoxy groups -OCH3 is 2. The van der Waals surface area contributed by atoms with E-state index in [-0.39, 0.29) is 24.2 Å². The standard InChI is InChI=1S/C21H25FN2O3/c1-14-6-9-18(17(22)11-14)23-21(25)13-24-10-4-5-19(24)16-8-7-15(26-2)12-20(16)27-3/h6-9,11-12,19H,4-5,10,13H2,1-3H3,(H,23,25)/t19-/m1/s1. The van der Waals surface area contributed by atoms with Gasteiger partial charge in [-0.1, -0.05) is 12.1 Å². The summed E-state index contributed by atoms with van der Waals surface area (Å²) in [5.41, 5.74) is 2.06. The molecule has 0 unspecified atom stereocenters. The molecule has 6 heteroatoms. The highest BCUT2D eigenvalue weighted by atomic mass is 19.1. The Morgan fingerprint density at radius 1 is 1.22 bits per heavy atom. The molecule has 5 nitrogen and oxygen atoms in total. The summed E-state index contributed by atoms with van der Waals surface area (Å²) in [5, 5.41) is 2.68. The van der Waals surface area contributed by atoms with Crippen LogP contribution in [0.2, 0.25) is 0 Å². The van der Waals surface area contributed by atoms with E-state index in [1.807, 2.05) is 25.1 Å². The molecule has 1 amide bonds. The second-order valence-corrected chi connectivity index (χ2v) is 6.77. The van der Waals surface area contributed by atoms with Crippen molar-refractivity contribution in [3.05, 3.63) is 53.3 Å². The average Bonchev–Trinajstić information content (AvgIpc) is 3.11. The molecule has 0 radical (unpaired) electrons. The lowest BCUT2D eigenvalue weighted by atomic mass is 10.0. The molecule has 1 fully saturated rings. The van der Waals surface area contributed by atoms with Gasteiger partial charge in [-0.2, -0.15) is 0 Å². The van der Waals surface area contributed by atoms with Crippen molar-refractivity contribution in [2.24, 2.45) is 0 Å². The van der Waals surface area contributed by atoms with Crippen molar-refractivity contribution in [3.8, 4) is 11.5 Å². The highest BCUT2D eigenvalue weighted by Crippen LogP contribution is 2.38. The van der Waals surface area contributed by atoms with Gasteiger partial charge in [0.05, 0.1) is 26.5 Å². The van der Waals surface area contributed by atoms with Gasteiger partial charge in [0.25, 0.3) is 0 Å². The fourth-order valence-electron chi connectivity index (χ4n) is 3.56. The fraction of sp³-hybridized carbons (Fsp3) is 0.381. The van der Waals surface area contributed by atoms with Gasteiger partial charge < -0.3 is 14.8 Å². The van der Waals surface area contributed by atoms with Crippen LogP contribution in [0.25, 0.3) is 0 Å². The first-order valence-electron chi connectivity index (χ1n) is 9.04. The Kier molecular flexibility index (Phi) is 5.96. The minimum atomic E-state index is -0.418. The van der Waals surface area contributed by atoms with E-state index in [0.29, 0.717) is 0 Å². The lowest BCUT2D eigenvalue weighted by Crippen LogP contribution is -2.33. The molecule has 0 aromatic heterocycles. The molecule has 144 valence electrons. The zero-order chi connectivity index (χ0) is 19.4. The lowest BCUT2D eigenvalue weighted by Gasteiger charge is -2.26. The van der Waals surface area contributed by atoms with Gasteiger partial charge in [0, 0.05) is 17.7 Å². The Labute approximate surface area is 159 Å². The van der Waals surface area contributed by atoms with Crippen LogP contribution in [0.4, 0.5) is 10.1 Å². The van der Waals surface area contributed by atoms with E-state index in [0.717, 1.165) is 42.0 Å². The molecule has 0 saturated carbocycles. The number of hydrogen-bond acceptors (Lipinski definition) is 4. The van der Waals surface area contributed by atoms with Crippen molar-refractivity contribution in [1.29, 1.82) is 0 Å². The fourth-order valence-corrected chi connectivity index (χ4v) is 3.56. The van der Waals surface area contributed by atoms with Gasteiger partial charge in [0.2, 0.25) is 5.91 Å². The first-order valence-corrected chi connectivity index (χ1v) is 9.04. The van der Waals surface area contributed by atoms with Crippen LogP contribution in [-0.2, 0) is 4.79 Å². The van der Waals surface area contributed by atoms with Crippen molar-refractivity contribution < 1.29 is 18.7 Å². The summed E-state index contributed by atoms with van der Waals surface area (Å²) in [5.74, 6) is 0.833. The van der Waals surface area contributed by atoms with Gasteiger partial charge in [-0.3, -0.25) is 9.69 Å². The first kappa shape index (κ1) is 19.2. The minimum Gasteiger partial charge on any atom is -0.497 e. The largest absolute Gasteiger partial charge is 0.497 e. The molecule has 0 spiro atoms. The van der Waals surface area contributed by atoms with Crippen LogP contribution >= 0.6 is 0 Å². The molecule has 0 bridgehead atoms. The molecule has 2 aromatic carbocycles. The van der Waals surface area contributed by atoms with Crippen LogP contribution in [-0.4, -0.2) is 38.1 Å². The number of benzene rings is 2. The van der Waals surface area contributed by atoms with Gasteiger partial charge in [0.15, 0.2) is 0 Å². The molecule has 1 heterocycles. The predicted molar refractivity (Wildman–Crippen MR) is 103 cm³/mol. The van der Waals surface area contributed by atoms with Gasteiger partial charge in [-0.05, 0) is 50.1 Å². The van der Waals surface area contributed by atoms with Gasteiger partial charge in [0.1, 0.15) is 17.3 Å². The summed E-state index contributed by atoms with van der Waals surface area (Å²) in [7, 11) is 3.25. The summed E-state index contributed by atoms with van der Waals surface area (Å²) in [6.07, 6.45) is 1.93. The van der Waals surface area contributed by atoms with Crippen molar-refractivity contribution in [3.63, 3.8) is 0 Å². The van der Waals surface area contributed by atoms with Crippen molar-refractivity contribution >= 4 is 11.6 Å². The smallest absolute Gasteiger partial charge is 0.238 e. The van der Waals surface area contributed by atoms with E-state index in [4.69, 9.17) is 9.47 Å². The van der Waals surface area contributed by atoms with Crippen LogP contribution < -0.4 is 14.8 Å². The van der Waals surface area contributed by atoms with Crippen LogP contribution in [0.5, 0.6) is 11.5 Å². The molecule has 1 N–H and O–H groups in total. The molecular formula is C21H25FN2O3. The molecule has 1 atom stereocenters. The number of rotatable bonds is 6. The number of halogens is 1. The summed E-state index contributed by atoms with van der Waals surface area (Å²) in [6.45, 7) is 2.82. The number of carbonyl (C=O) groups is 1. The molecule has 3 rings (SSSR count). The first-order chi connectivity index (χ1) is 13.0. The number of amides is 1. The molecule has 0 aliphatic carbocycles. The third kappa shape index (κ3) is 4.39. The van der Waals surface area contributed by atoms with E-state index >= 15 is 0 Å². The van der Waals surface area contributed by atoms with Crippen molar-refractivity contribution in [2.45, 2.75) is 25.8 Å². The maximum Gasteiger partial charge on any atom is 0.238 e. The molecule has 1 saturated heterocycles. The zero-order valence-corrected chi connectivity index (χ0v) is 15.9. The Morgan fingerprint density at radius 3 is 2.74 bits per heavy atom.